The van der Waals surface area contributed by atoms with Gasteiger partial charge in [0.1, 0.15) is 0 Å². The maximum Gasteiger partial charge on any atom is 0.209 e. The van der Waals surface area contributed by atoms with Crippen LogP contribution in [0.2, 0.25) is 0 Å². The smallest absolute Gasteiger partial charge is 0.209 e. The molecular formula is C6H12N4S. The highest BCUT2D eigenvalue weighted by Gasteiger charge is 2.10. The molecule has 1 heterocycles. The molecule has 0 atom stereocenters. The van der Waals surface area contributed by atoms with Crippen molar-refractivity contribution in [3.8, 4) is 0 Å². The Morgan fingerprint density at radius 2 is 2.09 bits per heavy atom. The van der Waals surface area contributed by atoms with Gasteiger partial charge in [-0.15, -0.1) is 10.2 Å². The molecule has 1 rings (SSSR count). The molecule has 1 aromatic rings. The van der Waals surface area contributed by atoms with E-state index in [9.17, 15) is 0 Å². The summed E-state index contributed by atoms with van der Waals surface area (Å²) in [4.78, 5) is 0. The Morgan fingerprint density at radius 1 is 1.45 bits per heavy atom. The lowest BCUT2D eigenvalue weighted by Gasteiger charge is -2.03. The molecule has 4 nitrogen and oxygen atoms in total. The van der Waals surface area contributed by atoms with Crippen LogP contribution in [-0.4, -0.2) is 21.1 Å². The van der Waals surface area contributed by atoms with Gasteiger partial charge >= 0.3 is 0 Å². The molecule has 11 heavy (non-hydrogen) atoms. The second kappa shape index (κ2) is 3.13. The lowest BCUT2D eigenvalue weighted by Crippen LogP contribution is -2.14. The Labute approximate surface area is 70.2 Å². The molecule has 0 saturated heterocycles. The first-order chi connectivity index (χ1) is 5.16. The van der Waals surface area contributed by atoms with E-state index in [1.165, 1.54) is 16.4 Å². The van der Waals surface area contributed by atoms with Gasteiger partial charge in [0.05, 0.1) is 0 Å². The van der Waals surface area contributed by atoms with Crippen molar-refractivity contribution in [3.63, 3.8) is 0 Å². The van der Waals surface area contributed by atoms with Crippen LogP contribution in [0.15, 0.2) is 5.16 Å². The van der Waals surface area contributed by atoms with Gasteiger partial charge in [-0.3, -0.25) is 0 Å². The summed E-state index contributed by atoms with van der Waals surface area (Å²) in [6, 6.07) is 0. The van der Waals surface area contributed by atoms with Gasteiger partial charge in [0.25, 0.3) is 0 Å². The van der Waals surface area contributed by atoms with E-state index >= 15 is 0 Å². The van der Waals surface area contributed by atoms with Crippen molar-refractivity contribution in [1.82, 2.24) is 14.9 Å². The third-order valence-corrected chi connectivity index (χ3v) is 2.03. The molecule has 0 spiro atoms. The number of thioether (sulfide) groups is 1. The summed E-state index contributed by atoms with van der Waals surface area (Å²) in [5, 5.41) is 8.62. The van der Waals surface area contributed by atoms with Gasteiger partial charge in [0, 0.05) is 5.92 Å². The van der Waals surface area contributed by atoms with Crippen LogP contribution in [0.5, 0.6) is 0 Å². The summed E-state index contributed by atoms with van der Waals surface area (Å²) in [5.41, 5.74) is 0. The molecule has 0 amide bonds. The Balaban J connectivity index is 3.00. The molecular weight excluding hydrogens is 160 g/mol. The predicted molar refractivity (Wildman–Crippen MR) is 46.0 cm³/mol. The monoisotopic (exact) mass is 172 g/mol. The van der Waals surface area contributed by atoms with E-state index in [2.05, 4.69) is 10.2 Å². The Morgan fingerprint density at radius 3 is 2.36 bits per heavy atom. The molecule has 62 valence electrons. The fourth-order valence-electron chi connectivity index (χ4n) is 0.821. The zero-order chi connectivity index (χ0) is 8.43. The molecule has 0 fully saturated rings. The van der Waals surface area contributed by atoms with E-state index in [-0.39, 0.29) is 0 Å². The summed E-state index contributed by atoms with van der Waals surface area (Å²) < 4.78 is 1.54. The first-order valence-electron chi connectivity index (χ1n) is 3.41. The molecule has 0 aromatic carbocycles. The second-order valence-corrected chi connectivity index (χ2v) is 3.34. The molecule has 0 aliphatic heterocycles. The molecule has 5 heteroatoms. The average Bonchev–Trinajstić information content (AvgIpc) is 2.30. The summed E-state index contributed by atoms with van der Waals surface area (Å²) in [6.45, 7) is 4.08. The Kier molecular flexibility index (Phi) is 2.38. The third kappa shape index (κ3) is 1.48. The van der Waals surface area contributed by atoms with E-state index in [0.717, 1.165) is 11.0 Å². The van der Waals surface area contributed by atoms with Crippen LogP contribution in [0.1, 0.15) is 25.6 Å². The Bertz CT molecular complexity index is 243. The minimum Gasteiger partial charge on any atom is -0.336 e. The fraction of sp³-hybridized carbons (Fsp3) is 0.667. The number of nitrogen functional groups attached to an aromatic ring is 1. The second-order valence-electron chi connectivity index (χ2n) is 2.57. The van der Waals surface area contributed by atoms with Gasteiger partial charge in [0.15, 0.2) is 5.82 Å². The standard InChI is InChI=1S/C6H12N4S/c1-4(2)5-8-9-6(11-3)10(5)7/h4H,7H2,1-3H3. The van der Waals surface area contributed by atoms with E-state index in [1.54, 1.807) is 0 Å². The van der Waals surface area contributed by atoms with Crippen LogP contribution < -0.4 is 5.84 Å². The SMILES string of the molecule is CSc1nnc(C(C)C)n1N. The van der Waals surface area contributed by atoms with Crippen molar-refractivity contribution >= 4 is 11.8 Å². The topological polar surface area (TPSA) is 56.7 Å². The van der Waals surface area contributed by atoms with E-state index in [0.29, 0.717) is 5.92 Å². The highest BCUT2D eigenvalue weighted by Crippen LogP contribution is 2.15. The zero-order valence-corrected chi connectivity index (χ0v) is 7.72. The van der Waals surface area contributed by atoms with Crippen LogP contribution in [0, 0.1) is 0 Å². The number of aromatic nitrogens is 3. The molecule has 0 aliphatic rings. The lowest BCUT2D eigenvalue weighted by atomic mass is 10.2. The van der Waals surface area contributed by atoms with Crippen molar-refractivity contribution in [2.24, 2.45) is 0 Å². The number of hydrogen-bond donors (Lipinski definition) is 1. The van der Waals surface area contributed by atoms with Crippen LogP contribution in [0.25, 0.3) is 0 Å². The van der Waals surface area contributed by atoms with Crippen molar-refractivity contribution in [2.75, 3.05) is 12.1 Å². The van der Waals surface area contributed by atoms with E-state index < -0.39 is 0 Å². The summed E-state index contributed by atoms with van der Waals surface area (Å²) >= 11 is 1.50. The molecule has 0 saturated carbocycles. The number of nitrogens with two attached hydrogens (primary N) is 1. The average molecular weight is 172 g/mol. The Hall–Kier alpha value is -0.710. The van der Waals surface area contributed by atoms with Crippen LogP contribution in [0.4, 0.5) is 0 Å². The van der Waals surface area contributed by atoms with Crippen molar-refractivity contribution in [2.45, 2.75) is 24.9 Å². The first-order valence-corrected chi connectivity index (χ1v) is 4.63. The van der Waals surface area contributed by atoms with Gasteiger partial charge in [-0.25, -0.2) is 4.68 Å². The van der Waals surface area contributed by atoms with Crippen LogP contribution >= 0.6 is 11.8 Å². The molecule has 2 N–H and O–H groups in total. The molecule has 0 unspecified atom stereocenters. The third-order valence-electron chi connectivity index (χ3n) is 1.39. The number of rotatable bonds is 2. The van der Waals surface area contributed by atoms with E-state index in [1.807, 2.05) is 20.1 Å². The maximum absolute atomic E-state index is 5.69. The molecule has 1 aromatic heterocycles. The summed E-state index contributed by atoms with van der Waals surface area (Å²) in [7, 11) is 0. The highest BCUT2D eigenvalue weighted by molar-refractivity contribution is 7.98. The largest absolute Gasteiger partial charge is 0.336 e. The minimum atomic E-state index is 0.327. The van der Waals surface area contributed by atoms with Gasteiger partial charge in [-0.2, -0.15) is 0 Å². The molecule has 0 bridgehead atoms. The minimum absolute atomic E-state index is 0.327. The predicted octanol–water partition coefficient (Wildman–Crippen LogP) is 0.837. The van der Waals surface area contributed by atoms with Crippen LogP contribution in [-0.2, 0) is 0 Å². The quantitative estimate of drug-likeness (QED) is 0.530. The van der Waals surface area contributed by atoms with Gasteiger partial charge in [-0.05, 0) is 6.26 Å². The van der Waals surface area contributed by atoms with Crippen LogP contribution in [0.3, 0.4) is 0 Å². The van der Waals surface area contributed by atoms with Gasteiger partial charge < -0.3 is 5.84 Å². The lowest BCUT2D eigenvalue weighted by molar-refractivity contribution is 0.712. The van der Waals surface area contributed by atoms with E-state index in [4.69, 9.17) is 5.84 Å². The number of hydrogen-bond acceptors (Lipinski definition) is 4. The highest BCUT2D eigenvalue weighted by atomic mass is 32.2. The normalized spacial score (nSPS) is 10.9. The first kappa shape index (κ1) is 8.39. The van der Waals surface area contributed by atoms with Crippen molar-refractivity contribution in [3.05, 3.63) is 5.82 Å². The zero-order valence-electron chi connectivity index (χ0n) is 6.90. The number of nitrogens with zero attached hydrogens (tertiary/aromatic N) is 3. The summed E-state index contributed by atoms with van der Waals surface area (Å²) in [5.74, 6) is 6.84. The van der Waals surface area contributed by atoms with Gasteiger partial charge in [0.2, 0.25) is 5.16 Å². The maximum atomic E-state index is 5.69. The van der Waals surface area contributed by atoms with Crippen molar-refractivity contribution in [1.29, 1.82) is 0 Å². The molecule has 0 aliphatic carbocycles. The summed E-state index contributed by atoms with van der Waals surface area (Å²) in [6.07, 6.45) is 1.93. The van der Waals surface area contributed by atoms with Gasteiger partial charge in [-0.1, -0.05) is 25.6 Å². The van der Waals surface area contributed by atoms with Crippen molar-refractivity contribution < 1.29 is 0 Å². The molecule has 0 radical (unpaired) electrons. The fourth-order valence-corrected chi connectivity index (χ4v) is 1.23.